The second-order valence-corrected chi connectivity index (χ2v) is 5.44. The third-order valence-electron chi connectivity index (χ3n) is 3.92. The van der Waals surface area contributed by atoms with Crippen molar-refractivity contribution in [2.45, 2.75) is 52.0 Å². The average Bonchev–Trinajstić information content (AvgIpc) is 2.37. The van der Waals surface area contributed by atoms with Crippen LogP contribution in [-0.2, 0) is 0 Å². The van der Waals surface area contributed by atoms with Crippen LogP contribution in [0.4, 0.5) is 0 Å². The Labute approximate surface area is 106 Å². The van der Waals surface area contributed by atoms with Gasteiger partial charge in [-0.2, -0.15) is 5.26 Å². The lowest BCUT2D eigenvalue weighted by molar-refractivity contribution is 0.160. The molecule has 0 amide bonds. The highest BCUT2D eigenvalue weighted by Crippen LogP contribution is 2.20. The van der Waals surface area contributed by atoms with Gasteiger partial charge in [0.15, 0.2) is 0 Å². The summed E-state index contributed by atoms with van der Waals surface area (Å²) >= 11 is 0. The van der Waals surface area contributed by atoms with E-state index in [1.54, 1.807) is 0 Å². The third kappa shape index (κ3) is 4.65. The molecule has 1 rings (SSSR count). The van der Waals surface area contributed by atoms with E-state index in [0.29, 0.717) is 0 Å². The van der Waals surface area contributed by atoms with Crippen molar-refractivity contribution in [1.82, 2.24) is 10.2 Å². The Morgan fingerprint density at radius 1 is 1.47 bits per heavy atom. The van der Waals surface area contributed by atoms with Crippen molar-refractivity contribution in [2.75, 3.05) is 26.2 Å². The van der Waals surface area contributed by atoms with Crippen LogP contribution in [0.3, 0.4) is 0 Å². The van der Waals surface area contributed by atoms with E-state index in [0.717, 1.165) is 25.4 Å². The van der Waals surface area contributed by atoms with Crippen LogP contribution in [0.2, 0.25) is 0 Å². The van der Waals surface area contributed by atoms with Gasteiger partial charge < -0.3 is 4.90 Å². The van der Waals surface area contributed by atoms with Crippen LogP contribution in [0.5, 0.6) is 0 Å². The molecule has 1 fully saturated rings. The normalized spacial score (nSPS) is 25.2. The summed E-state index contributed by atoms with van der Waals surface area (Å²) in [5.41, 5.74) is -0.353. The summed E-state index contributed by atoms with van der Waals surface area (Å²) in [6.45, 7) is 10.7. The van der Waals surface area contributed by atoms with Gasteiger partial charge in [-0.05, 0) is 45.2 Å². The standard InChI is InChI=1S/C14H27N3/c1-4-13-7-6-9-17(11-13)10-8-14(3,12-15)16-5-2/h13,16H,4-11H2,1-3H3. The molecule has 1 N–H and O–H groups in total. The topological polar surface area (TPSA) is 39.1 Å². The van der Waals surface area contributed by atoms with Crippen LogP contribution in [0, 0.1) is 17.2 Å². The molecule has 98 valence electrons. The zero-order chi connectivity index (χ0) is 12.7. The molecule has 2 atom stereocenters. The minimum Gasteiger partial charge on any atom is -0.303 e. The molecule has 1 heterocycles. The van der Waals surface area contributed by atoms with Gasteiger partial charge in [0, 0.05) is 13.1 Å². The van der Waals surface area contributed by atoms with Gasteiger partial charge in [-0.25, -0.2) is 0 Å². The lowest BCUT2D eigenvalue weighted by Crippen LogP contribution is -2.45. The Bertz CT molecular complexity index is 259. The Morgan fingerprint density at radius 3 is 2.82 bits per heavy atom. The van der Waals surface area contributed by atoms with Crippen LogP contribution in [0.25, 0.3) is 0 Å². The van der Waals surface area contributed by atoms with Crippen LogP contribution in [-0.4, -0.2) is 36.6 Å². The van der Waals surface area contributed by atoms with E-state index in [1.807, 2.05) is 6.92 Å². The van der Waals surface area contributed by atoms with E-state index in [-0.39, 0.29) is 5.54 Å². The van der Waals surface area contributed by atoms with Crippen molar-refractivity contribution in [1.29, 1.82) is 5.26 Å². The molecule has 1 aliphatic heterocycles. The second kappa shape index (κ2) is 6.98. The molecular formula is C14H27N3. The molecule has 1 aliphatic rings. The zero-order valence-electron chi connectivity index (χ0n) is 11.6. The number of hydrogen-bond donors (Lipinski definition) is 1. The van der Waals surface area contributed by atoms with Crippen LogP contribution in [0.15, 0.2) is 0 Å². The highest BCUT2D eigenvalue weighted by atomic mass is 15.1. The van der Waals surface area contributed by atoms with Crippen LogP contribution >= 0.6 is 0 Å². The number of piperidine rings is 1. The van der Waals surface area contributed by atoms with E-state index in [1.165, 1.54) is 32.4 Å². The molecular weight excluding hydrogens is 210 g/mol. The number of rotatable bonds is 6. The van der Waals surface area contributed by atoms with E-state index in [2.05, 4.69) is 30.1 Å². The third-order valence-corrected chi connectivity index (χ3v) is 3.92. The van der Waals surface area contributed by atoms with E-state index >= 15 is 0 Å². The Balaban J connectivity index is 2.36. The first-order chi connectivity index (χ1) is 8.13. The molecule has 0 spiro atoms. The molecule has 3 heteroatoms. The fraction of sp³-hybridized carbons (Fsp3) is 0.929. The quantitative estimate of drug-likeness (QED) is 0.771. The maximum Gasteiger partial charge on any atom is 0.105 e. The number of nitrogens with one attached hydrogen (secondary N) is 1. The molecule has 0 aromatic carbocycles. The summed E-state index contributed by atoms with van der Waals surface area (Å²) in [5.74, 6) is 0.872. The smallest absolute Gasteiger partial charge is 0.105 e. The molecule has 1 saturated heterocycles. The minimum atomic E-state index is -0.353. The number of likely N-dealkylation sites (tertiary alicyclic amines) is 1. The summed E-state index contributed by atoms with van der Waals surface area (Å²) in [7, 11) is 0. The second-order valence-electron chi connectivity index (χ2n) is 5.44. The molecule has 0 bridgehead atoms. The monoisotopic (exact) mass is 237 g/mol. The highest BCUT2D eigenvalue weighted by Gasteiger charge is 2.25. The lowest BCUT2D eigenvalue weighted by atomic mass is 9.94. The lowest BCUT2D eigenvalue weighted by Gasteiger charge is -2.34. The van der Waals surface area contributed by atoms with Crippen molar-refractivity contribution in [2.24, 2.45) is 5.92 Å². The van der Waals surface area contributed by atoms with Gasteiger partial charge in [-0.3, -0.25) is 5.32 Å². The first-order valence-corrected chi connectivity index (χ1v) is 7.02. The van der Waals surface area contributed by atoms with Crippen molar-refractivity contribution in [3.63, 3.8) is 0 Å². The summed E-state index contributed by atoms with van der Waals surface area (Å²) < 4.78 is 0. The van der Waals surface area contributed by atoms with Crippen molar-refractivity contribution < 1.29 is 0 Å². The molecule has 0 aromatic heterocycles. The molecule has 2 unspecified atom stereocenters. The van der Waals surface area contributed by atoms with Crippen LogP contribution in [0.1, 0.15) is 46.5 Å². The molecule has 0 aliphatic carbocycles. The van der Waals surface area contributed by atoms with E-state index in [4.69, 9.17) is 0 Å². The Morgan fingerprint density at radius 2 is 2.24 bits per heavy atom. The van der Waals surface area contributed by atoms with Gasteiger partial charge in [0.2, 0.25) is 0 Å². The summed E-state index contributed by atoms with van der Waals surface area (Å²) in [6.07, 6.45) is 4.92. The maximum absolute atomic E-state index is 9.21. The van der Waals surface area contributed by atoms with E-state index < -0.39 is 0 Å². The van der Waals surface area contributed by atoms with Gasteiger partial charge >= 0.3 is 0 Å². The zero-order valence-corrected chi connectivity index (χ0v) is 11.6. The number of nitrogens with zero attached hydrogens (tertiary/aromatic N) is 2. The van der Waals surface area contributed by atoms with Gasteiger partial charge in [-0.15, -0.1) is 0 Å². The predicted octanol–water partition coefficient (Wildman–Crippen LogP) is 2.39. The SMILES string of the molecule is CCNC(C)(C#N)CCN1CCCC(CC)C1. The number of nitriles is 1. The van der Waals surface area contributed by atoms with E-state index in [9.17, 15) is 5.26 Å². The largest absolute Gasteiger partial charge is 0.303 e. The van der Waals surface area contributed by atoms with Crippen molar-refractivity contribution >= 4 is 0 Å². The molecule has 0 radical (unpaired) electrons. The number of hydrogen-bond acceptors (Lipinski definition) is 3. The maximum atomic E-state index is 9.21. The Kier molecular flexibility index (Phi) is 5.94. The van der Waals surface area contributed by atoms with Crippen molar-refractivity contribution in [3.8, 4) is 6.07 Å². The first-order valence-electron chi connectivity index (χ1n) is 7.02. The van der Waals surface area contributed by atoms with Gasteiger partial charge in [0.05, 0.1) is 6.07 Å². The summed E-state index contributed by atoms with van der Waals surface area (Å²) in [4.78, 5) is 2.53. The predicted molar refractivity (Wildman–Crippen MR) is 71.8 cm³/mol. The van der Waals surface area contributed by atoms with Crippen molar-refractivity contribution in [3.05, 3.63) is 0 Å². The summed E-state index contributed by atoms with van der Waals surface area (Å²) in [5, 5.41) is 12.5. The molecule has 17 heavy (non-hydrogen) atoms. The fourth-order valence-corrected chi connectivity index (χ4v) is 2.64. The van der Waals surface area contributed by atoms with Gasteiger partial charge in [-0.1, -0.05) is 20.3 Å². The molecule has 3 nitrogen and oxygen atoms in total. The molecule has 0 saturated carbocycles. The summed E-state index contributed by atoms with van der Waals surface area (Å²) in [6, 6.07) is 2.41. The highest BCUT2D eigenvalue weighted by molar-refractivity contribution is 5.03. The average molecular weight is 237 g/mol. The minimum absolute atomic E-state index is 0.353. The Hall–Kier alpha value is -0.590. The van der Waals surface area contributed by atoms with Gasteiger partial charge in [0.1, 0.15) is 5.54 Å². The van der Waals surface area contributed by atoms with Crippen LogP contribution < -0.4 is 5.32 Å². The first kappa shape index (κ1) is 14.5. The molecule has 0 aromatic rings. The van der Waals surface area contributed by atoms with Gasteiger partial charge in [0.25, 0.3) is 0 Å². The fourth-order valence-electron chi connectivity index (χ4n) is 2.64.